The van der Waals surface area contributed by atoms with Crippen LogP contribution in [0.15, 0.2) is 35.3 Å². The predicted molar refractivity (Wildman–Crippen MR) is 76.5 cm³/mol. The van der Waals surface area contributed by atoms with E-state index >= 15 is 0 Å². The Morgan fingerprint density at radius 1 is 1.38 bits per heavy atom. The number of furan rings is 1. The Balaban J connectivity index is 1.73. The van der Waals surface area contributed by atoms with E-state index in [0.29, 0.717) is 19.5 Å². The van der Waals surface area contributed by atoms with E-state index in [1.807, 2.05) is 12.1 Å². The van der Waals surface area contributed by atoms with Gasteiger partial charge >= 0.3 is 0 Å². The molecule has 0 bridgehead atoms. The number of rotatable bonds is 6. The summed E-state index contributed by atoms with van der Waals surface area (Å²) in [6, 6.07) is 5.92. The molecule has 0 radical (unpaired) electrons. The topological polar surface area (TPSA) is 92.6 Å². The molecule has 21 heavy (non-hydrogen) atoms. The lowest BCUT2D eigenvalue weighted by Gasteiger charge is -2.05. The van der Waals surface area contributed by atoms with Crippen LogP contribution in [0.2, 0.25) is 0 Å². The number of aromatic nitrogens is 4. The second-order valence-corrected chi connectivity index (χ2v) is 4.49. The van der Waals surface area contributed by atoms with Crippen LogP contribution in [0, 0.1) is 11.3 Å². The minimum atomic E-state index is 0.405. The molecule has 0 atom stereocenters. The SMILES string of the molecule is N#CCCn1ncc2c(NCCc3ccco3)ncnc21. The number of nitrogens with one attached hydrogen (secondary N) is 1. The van der Waals surface area contributed by atoms with E-state index in [1.54, 1.807) is 17.1 Å². The van der Waals surface area contributed by atoms with Crippen molar-refractivity contribution in [1.82, 2.24) is 19.7 Å². The first-order valence-corrected chi connectivity index (χ1v) is 6.68. The fourth-order valence-corrected chi connectivity index (χ4v) is 2.11. The van der Waals surface area contributed by atoms with Crippen molar-refractivity contribution in [2.24, 2.45) is 0 Å². The van der Waals surface area contributed by atoms with Crippen LogP contribution in [-0.2, 0) is 13.0 Å². The Kier molecular flexibility index (Phi) is 3.78. The van der Waals surface area contributed by atoms with E-state index in [9.17, 15) is 0 Å². The molecule has 0 aromatic carbocycles. The fraction of sp³-hybridized carbons (Fsp3) is 0.286. The lowest BCUT2D eigenvalue weighted by Crippen LogP contribution is -2.07. The predicted octanol–water partition coefficient (Wildman–Crippen LogP) is 1.99. The second kappa shape index (κ2) is 6.05. The quantitative estimate of drug-likeness (QED) is 0.743. The van der Waals surface area contributed by atoms with Crippen LogP contribution in [-0.4, -0.2) is 26.3 Å². The van der Waals surface area contributed by atoms with Crippen molar-refractivity contribution in [3.8, 4) is 6.07 Å². The maximum absolute atomic E-state index is 8.65. The summed E-state index contributed by atoms with van der Waals surface area (Å²) in [4.78, 5) is 8.48. The van der Waals surface area contributed by atoms with E-state index in [2.05, 4.69) is 26.5 Å². The van der Waals surface area contributed by atoms with Gasteiger partial charge in [-0.3, -0.25) is 0 Å². The van der Waals surface area contributed by atoms with E-state index in [-0.39, 0.29) is 0 Å². The largest absolute Gasteiger partial charge is 0.469 e. The Morgan fingerprint density at radius 2 is 2.33 bits per heavy atom. The van der Waals surface area contributed by atoms with Crippen LogP contribution in [0.25, 0.3) is 11.0 Å². The third-order valence-corrected chi connectivity index (χ3v) is 3.11. The third kappa shape index (κ3) is 2.84. The summed E-state index contributed by atoms with van der Waals surface area (Å²) in [7, 11) is 0. The van der Waals surface area contributed by atoms with Gasteiger partial charge in [0, 0.05) is 13.0 Å². The van der Waals surface area contributed by atoms with Crippen LogP contribution in [0.3, 0.4) is 0 Å². The zero-order valence-corrected chi connectivity index (χ0v) is 11.4. The molecular weight excluding hydrogens is 268 g/mol. The molecule has 0 spiro atoms. The molecule has 3 rings (SSSR count). The van der Waals surface area contributed by atoms with Crippen molar-refractivity contribution in [3.63, 3.8) is 0 Å². The lowest BCUT2D eigenvalue weighted by molar-refractivity contribution is 0.513. The molecule has 3 aromatic rings. The first kappa shape index (κ1) is 13.1. The zero-order valence-electron chi connectivity index (χ0n) is 11.4. The highest BCUT2D eigenvalue weighted by atomic mass is 16.3. The molecule has 0 aliphatic rings. The molecule has 3 heterocycles. The third-order valence-electron chi connectivity index (χ3n) is 3.11. The summed E-state index contributed by atoms with van der Waals surface area (Å²) >= 11 is 0. The van der Waals surface area contributed by atoms with Gasteiger partial charge in [0.05, 0.1) is 36.9 Å². The molecule has 7 heteroatoms. The zero-order chi connectivity index (χ0) is 14.5. The molecule has 106 valence electrons. The number of anilines is 1. The average molecular weight is 282 g/mol. The minimum absolute atomic E-state index is 0.405. The van der Waals surface area contributed by atoms with E-state index < -0.39 is 0 Å². The van der Waals surface area contributed by atoms with E-state index in [4.69, 9.17) is 9.68 Å². The molecule has 0 saturated heterocycles. The molecule has 0 amide bonds. The van der Waals surface area contributed by atoms with Crippen molar-refractivity contribution in [1.29, 1.82) is 5.26 Å². The van der Waals surface area contributed by atoms with Gasteiger partial charge < -0.3 is 9.73 Å². The molecular formula is C14H14N6O. The summed E-state index contributed by atoms with van der Waals surface area (Å²) in [6.45, 7) is 1.24. The van der Waals surface area contributed by atoms with Crippen molar-refractivity contribution in [2.45, 2.75) is 19.4 Å². The number of hydrogen-bond donors (Lipinski definition) is 1. The summed E-state index contributed by atoms with van der Waals surface area (Å²) in [6.07, 6.45) is 6.07. The molecule has 0 aliphatic heterocycles. The monoisotopic (exact) mass is 282 g/mol. The van der Waals surface area contributed by atoms with Crippen molar-refractivity contribution < 1.29 is 4.42 Å². The van der Waals surface area contributed by atoms with Crippen LogP contribution in [0.5, 0.6) is 0 Å². The highest BCUT2D eigenvalue weighted by Crippen LogP contribution is 2.18. The molecule has 1 N–H and O–H groups in total. The van der Waals surface area contributed by atoms with Crippen molar-refractivity contribution >= 4 is 16.9 Å². The molecule has 0 saturated carbocycles. The summed E-state index contributed by atoms with van der Waals surface area (Å²) in [5.74, 6) is 1.67. The highest BCUT2D eigenvalue weighted by Gasteiger charge is 2.09. The first-order chi connectivity index (χ1) is 10.4. The Morgan fingerprint density at radius 3 is 3.14 bits per heavy atom. The normalized spacial score (nSPS) is 10.6. The number of hydrogen-bond acceptors (Lipinski definition) is 6. The number of nitrogens with zero attached hydrogens (tertiary/aromatic N) is 5. The Hall–Kier alpha value is -2.88. The van der Waals surface area contributed by atoms with Crippen LogP contribution >= 0.6 is 0 Å². The molecule has 7 nitrogen and oxygen atoms in total. The van der Waals surface area contributed by atoms with Crippen LogP contribution < -0.4 is 5.32 Å². The first-order valence-electron chi connectivity index (χ1n) is 6.68. The Bertz CT molecular complexity index is 755. The van der Waals surface area contributed by atoms with Gasteiger partial charge in [-0.25, -0.2) is 14.6 Å². The van der Waals surface area contributed by atoms with Crippen molar-refractivity contribution in [2.75, 3.05) is 11.9 Å². The summed E-state index contributed by atoms with van der Waals surface area (Å²) < 4.78 is 7.01. The maximum atomic E-state index is 8.65. The van der Waals surface area contributed by atoms with Gasteiger partial charge in [0.25, 0.3) is 0 Å². The Labute approximate surface area is 121 Å². The molecule has 0 unspecified atom stereocenters. The second-order valence-electron chi connectivity index (χ2n) is 4.49. The molecule has 3 aromatic heterocycles. The van der Waals surface area contributed by atoms with E-state index in [0.717, 1.165) is 29.0 Å². The molecule has 0 fully saturated rings. The van der Waals surface area contributed by atoms with Gasteiger partial charge in [-0.15, -0.1) is 0 Å². The number of fused-ring (bicyclic) bond motifs is 1. The van der Waals surface area contributed by atoms with Gasteiger partial charge in [-0.1, -0.05) is 0 Å². The maximum Gasteiger partial charge on any atom is 0.163 e. The molecule has 0 aliphatic carbocycles. The lowest BCUT2D eigenvalue weighted by atomic mass is 10.3. The van der Waals surface area contributed by atoms with Gasteiger partial charge in [-0.05, 0) is 12.1 Å². The smallest absolute Gasteiger partial charge is 0.163 e. The van der Waals surface area contributed by atoms with Gasteiger partial charge in [0.1, 0.15) is 17.9 Å². The average Bonchev–Trinajstić information content (AvgIpc) is 3.15. The number of nitriles is 1. The standard InChI is InChI=1S/C14H14N6O/c15-5-2-7-20-14-12(9-19-20)13(17-10-18-14)16-6-4-11-3-1-8-21-11/h1,3,8-10H,2,4,6-7H2,(H,16,17,18). The van der Waals surface area contributed by atoms with Crippen LogP contribution in [0.1, 0.15) is 12.2 Å². The van der Waals surface area contributed by atoms with Crippen molar-refractivity contribution in [3.05, 3.63) is 36.7 Å². The fourth-order valence-electron chi connectivity index (χ4n) is 2.11. The summed E-state index contributed by atoms with van der Waals surface area (Å²) in [5.41, 5.74) is 0.737. The van der Waals surface area contributed by atoms with Gasteiger partial charge in [0.2, 0.25) is 0 Å². The summed E-state index contributed by atoms with van der Waals surface area (Å²) in [5, 5.41) is 17.0. The minimum Gasteiger partial charge on any atom is -0.469 e. The number of aryl methyl sites for hydroxylation is 1. The van der Waals surface area contributed by atoms with Gasteiger partial charge in [-0.2, -0.15) is 10.4 Å². The van der Waals surface area contributed by atoms with Gasteiger partial charge in [0.15, 0.2) is 5.65 Å². The van der Waals surface area contributed by atoms with Crippen LogP contribution in [0.4, 0.5) is 5.82 Å². The van der Waals surface area contributed by atoms with E-state index in [1.165, 1.54) is 6.33 Å². The highest BCUT2D eigenvalue weighted by molar-refractivity contribution is 5.86.